The van der Waals surface area contributed by atoms with E-state index in [0.717, 1.165) is 5.56 Å². The second kappa shape index (κ2) is 4.80. The molecule has 1 rings (SSSR count). The Bertz CT molecular complexity index is 366. The van der Waals surface area contributed by atoms with Crippen LogP contribution in [0.4, 0.5) is 10.1 Å². The molecule has 0 saturated carbocycles. The van der Waals surface area contributed by atoms with Crippen LogP contribution < -0.4 is 10.6 Å². The maximum atomic E-state index is 13.8. The summed E-state index contributed by atoms with van der Waals surface area (Å²) in [5.41, 5.74) is 6.27. The van der Waals surface area contributed by atoms with Crippen molar-refractivity contribution >= 4 is 5.69 Å². The molecule has 0 fully saturated rings. The summed E-state index contributed by atoms with van der Waals surface area (Å²) in [6.07, 6.45) is 0. The molecule has 0 aliphatic carbocycles. The Hall–Kier alpha value is -1.13. The Kier molecular flexibility index (Phi) is 3.88. The lowest BCUT2D eigenvalue weighted by molar-refractivity contribution is 0.215. The summed E-state index contributed by atoms with van der Waals surface area (Å²) >= 11 is 0. The molecule has 0 aromatic heterocycles. The zero-order valence-corrected chi connectivity index (χ0v) is 10.00. The predicted octanol–water partition coefficient (Wildman–Crippen LogP) is 1.49. The SMILES string of the molecule is CN(c1c(F)cccc1CN)C(C)(C)CO. The van der Waals surface area contributed by atoms with E-state index in [1.165, 1.54) is 6.07 Å². The summed E-state index contributed by atoms with van der Waals surface area (Å²) in [6.45, 7) is 3.92. The number of hydrogen-bond donors (Lipinski definition) is 2. The Labute approximate surface area is 95.7 Å². The van der Waals surface area contributed by atoms with Crippen molar-refractivity contribution in [2.45, 2.75) is 25.9 Å². The van der Waals surface area contributed by atoms with E-state index in [9.17, 15) is 9.50 Å². The van der Waals surface area contributed by atoms with Crippen molar-refractivity contribution in [2.24, 2.45) is 5.73 Å². The highest BCUT2D eigenvalue weighted by molar-refractivity contribution is 5.56. The van der Waals surface area contributed by atoms with Crippen molar-refractivity contribution in [3.05, 3.63) is 29.6 Å². The summed E-state index contributed by atoms with van der Waals surface area (Å²) in [6, 6.07) is 4.83. The second-order valence-corrected chi connectivity index (χ2v) is 4.48. The summed E-state index contributed by atoms with van der Waals surface area (Å²) in [4.78, 5) is 1.73. The van der Waals surface area contributed by atoms with E-state index in [-0.39, 0.29) is 19.0 Å². The van der Waals surface area contributed by atoms with Crippen LogP contribution in [-0.4, -0.2) is 24.3 Å². The van der Waals surface area contributed by atoms with Gasteiger partial charge in [-0.15, -0.1) is 0 Å². The van der Waals surface area contributed by atoms with Crippen LogP contribution in [0.15, 0.2) is 18.2 Å². The lowest BCUT2D eigenvalue weighted by Gasteiger charge is -2.37. The number of para-hydroxylation sites is 1. The summed E-state index contributed by atoms with van der Waals surface area (Å²) in [5, 5.41) is 9.28. The number of hydrogen-bond acceptors (Lipinski definition) is 3. The molecule has 0 radical (unpaired) electrons. The Morgan fingerprint density at radius 3 is 2.56 bits per heavy atom. The highest BCUT2D eigenvalue weighted by Crippen LogP contribution is 2.28. The van der Waals surface area contributed by atoms with Gasteiger partial charge in [0.25, 0.3) is 0 Å². The van der Waals surface area contributed by atoms with Gasteiger partial charge in [0.2, 0.25) is 0 Å². The van der Waals surface area contributed by atoms with Gasteiger partial charge in [0, 0.05) is 13.6 Å². The minimum absolute atomic E-state index is 0.0537. The standard InChI is InChI=1S/C12H19FN2O/c1-12(2,8-16)15(3)11-9(7-14)5-4-6-10(11)13/h4-6,16H,7-8,14H2,1-3H3. The smallest absolute Gasteiger partial charge is 0.146 e. The number of nitrogens with two attached hydrogens (primary N) is 1. The number of halogens is 1. The quantitative estimate of drug-likeness (QED) is 0.817. The van der Waals surface area contributed by atoms with Gasteiger partial charge in [0.05, 0.1) is 17.8 Å². The number of anilines is 1. The van der Waals surface area contributed by atoms with Crippen LogP contribution in [0.5, 0.6) is 0 Å². The molecule has 0 bridgehead atoms. The molecule has 0 heterocycles. The van der Waals surface area contributed by atoms with Gasteiger partial charge in [0.15, 0.2) is 0 Å². The van der Waals surface area contributed by atoms with Crippen molar-refractivity contribution in [3.63, 3.8) is 0 Å². The molecule has 0 unspecified atom stereocenters. The van der Waals surface area contributed by atoms with Crippen LogP contribution in [0.25, 0.3) is 0 Å². The molecule has 1 aromatic carbocycles. The molecular formula is C12H19FN2O. The largest absolute Gasteiger partial charge is 0.394 e. The van der Waals surface area contributed by atoms with Crippen LogP contribution in [0.2, 0.25) is 0 Å². The first-order valence-corrected chi connectivity index (χ1v) is 5.26. The average molecular weight is 226 g/mol. The Morgan fingerprint density at radius 1 is 1.44 bits per heavy atom. The maximum Gasteiger partial charge on any atom is 0.146 e. The van der Waals surface area contributed by atoms with Gasteiger partial charge in [-0.05, 0) is 25.5 Å². The first-order valence-electron chi connectivity index (χ1n) is 5.26. The van der Waals surface area contributed by atoms with E-state index in [0.29, 0.717) is 5.69 Å². The van der Waals surface area contributed by atoms with Crippen LogP contribution >= 0.6 is 0 Å². The van der Waals surface area contributed by atoms with Crippen LogP contribution in [0.1, 0.15) is 19.4 Å². The van der Waals surface area contributed by atoms with E-state index in [2.05, 4.69) is 0 Å². The zero-order chi connectivity index (χ0) is 12.3. The molecule has 0 aliphatic heterocycles. The van der Waals surface area contributed by atoms with Crippen molar-refractivity contribution in [1.82, 2.24) is 0 Å². The van der Waals surface area contributed by atoms with E-state index in [1.807, 2.05) is 13.8 Å². The molecule has 0 spiro atoms. The van der Waals surface area contributed by atoms with Crippen LogP contribution in [-0.2, 0) is 6.54 Å². The molecule has 90 valence electrons. The third kappa shape index (κ3) is 2.33. The van der Waals surface area contributed by atoms with Crippen molar-refractivity contribution < 1.29 is 9.50 Å². The first kappa shape index (κ1) is 12.9. The fraction of sp³-hybridized carbons (Fsp3) is 0.500. The van der Waals surface area contributed by atoms with Gasteiger partial charge in [0.1, 0.15) is 5.82 Å². The first-order chi connectivity index (χ1) is 7.44. The number of rotatable bonds is 4. The van der Waals surface area contributed by atoms with Gasteiger partial charge in [-0.25, -0.2) is 4.39 Å². The zero-order valence-electron chi connectivity index (χ0n) is 10.00. The van der Waals surface area contributed by atoms with Crippen LogP contribution in [0, 0.1) is 5.82 Å². The summed E-state index contributed by atoms with van der Waals surface area (Å²) < 4.78 is 13.8. The molecule has 1 aromatic rings. The summed E-state index contributed by atoms with van der Waals surface area (Å²) in [5.74, 6) is -0.313. The van der Waals surface area contributed by atoms with Gasteiger partial charge >= 0.3 is 0 Å². The topological polar surface area (TPSA) is 49.5 Å². The minimum atomic E-state index is -0.522. The molecule has 16 heavy (non-hydrogen) atoms. The monoisotopic (exact) mass is 226 g/mol. The average Bonchev–Trinajstić information content (AvgIpc) is 2.27. The Morgan fingerprint density at radius 2 is 2.06 bits per heavy atom. The van der Waals surface area contributed by atoms with Crippen molar-refractivity contribution in [3.8, 4) is 0 Å². The minimum Gasteiger partial charge on any atom is -0.394 e. The van der Waals surface area contributed by atoms with E-state index < -0.39 is 5.54 Å². The second-order valence-electron chi connectivity index (χ2n) is 4.48. The molecule has 0 amide bonds. The molecule has 3 N–H and O–H groups in total. The van der Waals surface area contributed by atoms with Crippen molar-refractivity contribution in [1.29, 1.82) is 0 Å². The van der Waals surface area contributed by atoms with Gasteiger partial charge in [-0.3, -0.25) is 0 Å². The van der Waals surface area contributed by atoms with Gasteiger partial charge < -0.3 is 15.7 Å². The normalized spacial score (nSPS) is 11.6. The predicted molar refractivity (Wildman–Crippen MR) is 63.9 cm³/mol. The fourth-order valence-electron chi connectivity index (χ4n) is 1.51. The molecule has 3 nitrogen and oxygen atoms in total. The highest BCUT2D eigenvalue weighted by Gasteiger charge is 2.26. The fourth-order valence-corrected chi connectivity index (χ4v) is 1.51. The van der Waals surface area contributed by atoms with E-state index in [4.69, 9.17) is 5.73 Å². The van der Waals surface area contributed by atoms with Crippen molar-refractivity contribution in [2.75, 3.05) is 18.6 Å². The highest BCUT2D eigenvalue weighted by atomic mass is 19.1. The lowest BCUT2D eigenvalue weighted by atomic mass is 10.0. The number of nitrogens with zero attached hydrogens (tertiary/aromatic N) is 1. The molecule has 4 heteroatoms. The molecule has 0 atom stereocenters. The Balaban J connectivity index is 3.21. The number of benzene rings is 1. The van der Waals surface area contributed by atoms with E-state index in [1.54, 1.807) is 24.1 Å². The third-order valence-electron chi connectivity index (χ3n) is 2.92. The number of aliphatic hydroxyl groups excluding tert-OH is 1. The van der Waals surface area contributed by atoms with Gasteiger partial charge in [-0.2, -0.15) is 0 Å². The van der Waals surface area contributed by atoms with Crippen LogP contribution in [0.3, 0.4) is 0 Å². The van der Waals surface area contributed by atoms with Gasteiger partial charge in [-0.1, -0.05) is 12.1 Å². The molecule has 0 aliphatic rings. The molecular weight excluding hydrogens is 207 g/mol. The lowest BCUT2D eigenvalue weighted by Crippen LogP contribution is -2.45. The summed E-state index contributed by atoms with van der Waals surface area (Å²) in [7, 11) is 1.76. The number of likely N-dealkylation sites (N-methyl/N-ethyl adjacent to an activating group) is 1. The molecule has 0 saturated heterocycles. The maximum absolute atomic E-state index is 13.8. The number of aliphatic hydroxyl groups is 1. The van der Waals surface area contributed by atoms with E-state index >= 15 is 0 Å². The third-order valence-corrected chi connectivity index (χ3v) is 2.92.